The van der Waals surface area contributed by atoms with Gasteiger partial charge in [0.15, 0.2) is 0 Å². The average molecular weight is 285 g/mol. The summed E-state index contributed by atoms with van der Waals surface area (Å²) in [7, 11) is 2.18. The van der Waals surface area contributed by atoms with E-state index in [1.54, 1.807) is 0 Å². The molecule has 1 aromatic heterocycles. The summed E-state index contributed by atoms with van der Waals surface area (Å²) in [5.74, 6) is 0. The Morgan fingerprint density at radius 2 is 1.95 bits per heavy atom. The van der Waals surface area contributed by atoms with Gasteiger partial charge < -0.3 is 14.8 Å². The second-order valence-corrected chi connectivity index (χ2v) is 6.13. The molecule has 0 spiro atoms. The van der Waals surface area contributed by atoms with Crippen LogP contribution in [0.3, 0.4) is 0 Å². The third-order valence-electron chi connectivity index (χ3n) is 4.68. The first-order valence-corrected chi connectivity index (χ1v) is 8.28. The molecule has 0 amide bonds. The van der Waals surface area contributed by atoms with Gasteiger partial charge in [0.05, 0.1) is 5.52 Å². The molecule has 3 rings (SSSR count). The molecule has 1 N–H and O–H groups in total. The predicted octanol–water partition coefficient (Wildman–Crippen LogP) is 2.58. The Hall–Kier alpha value is -1.32. The molecule has 0 atom stereocenters. The second kappa shape index (κ2) is 6.63. The van der Waals surface area contributed by atoms with Crippen molar-refractivity contribution in [1.82, 2.24) is 14.8 Å². The van der Waals surface area contributed by atoms with Crippen LogP contribution in [0.4, 0.5) is 0 Å². The number of para-hydroxylation sites is 1. The Morgan fingerprint density at radius 3 is 2.71 bits per heavy atom. The van der Waals surface area contributed by atoms with Crippen LogP contribution in [0.15, 0.2) is 24.4 Å². The molecular formula is C18H27N3. The van der Waals surface area contributed by atoms with Crippen molar-refractivity contribution in [3.8, 4) is 0 Å². The molecule has 2 heterocycles. The fourth-order valence-electron chi connectivity index (χ4n) is 3.55. The van der Waals surface area contributed by atoms with Crippen LogP contribution in [0.25, 0.3) is 10.9 Å². The number of aryl methyl sites for hydroxylation is 3. The van der Waals surface area contributed by atoms with Crippen molar-refractivity contribution in [2.24, 2.45) is 7.05 Å². The van der Waals surface area contributed by atoms with Crippen molar-refractivity contribution < 1.29 is 0 Å². The summed E-state index contributed by atoms with van der Waals surface area (Å²) in [6.45, 7) is 8.17. The second-order valence-electron chi connectivity index (χ2n) is 6.13. The first kappa shape index (κ1) is 14.6. The van der Waals surface area contributed by atoms with E-state index in [-0.39, 0.29) is 0 Å². The summed E-state index contributed by atoms with van der Waals surface area (Å²) >= 11 is 0. The third kappa shape index (κ3) is 3.14. The maximum absolute atomic E-state index is 3.42. The zero-order valence-corrected chi connectivity index (χ0v) is 13.4. The minimum absolute atomic E-state index is 1.11. The molecule has 114 valence electrons. The third-order valence-corrected chi connectivity index (χ3v) is 4.68. The van der Waals surface area contributed by atoms with Gasteiger partial charge in [-0.1, -0.05) is 25.1 Å². The van der Waals surface area contributed by atoms with Gasteiger partial charge in [0.2, 0.25) is 0 Å². The summed E-state index contributed by atoms with van der Waals surface area (Å²) in [4.78, 5) is 2.58. The highest BCUT2D eigenvalue weighted by Crippen LogP contribution is 2.25. The van der Waals surface area contributed by atoms with E-state index in [4.69, 9.17) is 0 Å². The van der Waals surface area contributed by atoms with Crippen molar-refractivity contribution in [2.45, 2.75) is 26.2 Å². The lowest BCUT2D eigenvalue weighted by Gasteiger charge is -2.26. The minimum Gasteiger partial charge on any atom is -0.350 e. The molecule has 2 aromatic rings. The standard InChI is InChI=1S/C18H27N3/c1-3-15-6-4-8-17-16(14-20(2)18(15)17)7-5-11-21-12-9-19-10-13-21/h4,6,8,14,19H,3,5,7,9-13H2,1-2H3. The Labute approximate surface area is 127 Å². The van der Waals surface area contributed by atoms with Gasteiger partial charge in [-0.15, -0.1) is 0 Å². The number of piperazine rings is 1. The van der Waals surface area contributed by atoms with E-state index < -0.39 is 0 Å². The van der Waals surface area contributed by atoms with E-state index in [0.29, 0.717) is 0 Å². The van der Waals surface area contributed by atoms with Crippen molar-refractivity contribution in [3.63, 3.8) is 0 Å². The quantitative estimate of drug-likeness (QED) is 0.911. The summed E-state index contributed by atoms with van der Waals surface area (Å²) in [5.41, 5.74) is 4.40. The SMILES string of the molecule is CCc1cccc2c(CCCN3CCNCC3)cn(C)c12. The molecule has 21 heavy (non-hydrogen) atoms. The minimum atomic E-state index is 1.11. The van der Waals surface area contributed by atoms with Crippen LogP contribution in [0, 0.1) is 0 Å². The van der Waals surface area contributed by atoms with Gasteiger partial charge in [-0.3, -0.25) is 0 Å². The predicted molar refractivity (Wildman–Crippen MR) is 89.9 cm³/mol. The molecule has 1 saturated heterocycles. The molecule has 0 radical (unpaired) electrons. The van der Waals surface area contributed by atoms with Crippen LogP contribution >= 0.6 is 0 Å². The van der Waals surface area contributed by atoms with Crippen LogP contribution in [-0.2, 0) is 19.9 Å². The number of nitrogens with zero attached hydrogens (tertiary/aromatic N) is 2. The summed E-state index contributed by atoms with van der Waals surface area (Å²) in [6.07, 6.45) is 5.89. The van der Waals surface area contributed by atoms with E-state index in [2.05, 4.69) is 53.2 Å². The maximum atomic E-state index is 3.42. The fourth-order valence-corrected chi connectivity index (χ4v) is 3.55. The van der Waals surface area contributed by atoms with Crippen LogP contribution in [0.1, 0.15) is 24.5 Å². The lowest BCUT2D eigenvalue weighted by molar-refractivity contribution is 0.238. The highest BCUT2D eigenvalue weighted by molar-refractivity contribution is 5.86. The normalized spacial score (nSPS) is 16.7. The number of rotatable bonds is 5. The fraction of sp³-hybridized carbons (Fsp3) is 0.556. The molecule has 0 aliphatic carbocycles. The van der Waals surface area contributed by atoms with E-state index in [9.17, 15) is 0 Å². The smallest absolute Gasteiger partial charge is 0.0512 e. The van der Waals surface area contributed by atoms with E-state index in [0.717, 1.165) is 19.5 Å². The van der Waals surface area contributed by atoms with E-state index in [1.807, 2.05) is 0 Å². The number of nitrogens with one attached hydrogen (secondary N) is 1. The molecule has 0 unspecified atom stereocenters. The van der Waals surface area contributed by atoms with Gasteiger partial charge in [-0.05, 0) is 36.9 Å². The Morgan fingerprint density at radius 1 is 1.14 bits per heavy atom. The van der Waals surface area contributed by atoms with Gasteiger partial charge in [0, 0.05) is 44.8 Å². The van der Waals surface area contributed by atoms with Crippen molar-refractivity contribution in [1.29, 1.82) is 0 Å². The van der Waals surface area contributed by atoms with Crippen molar-refractivity contribution >= 4 is 10.9 Å². The topological polar surface area (TPSA) is 20.2 Å². The average Bonchev–Trinajstić information content (AvgIpc) is 2.85. The number of hydrogen-bond acceptors (Lipinski definition) is 2. The number of fused-ring (bicyclic) bond motifs is 1. The number of hydrogen-bond donors (Lipinski definition) is 1. The van der Waals surface area contributed by atoms with Crippen LogP contribution < -0.4 is 5.32 Å². The number of aromatic nitrogens is 1. The van der Waals surface area contributed by atoms with Crippen molar-refractivity contribution in [3.05, 3.63) is 35.5 Å². The van der Waals surface area contributed by atoms with Gasteiger partial charge in [0.25, 0.3) is 0 Å². The number of benzene rings is 1. The highest BCUT2D eigenvalue weighted by atomic mass is 15.2. The molecule has 3 heteroatoms. The molecule has 1 aromatic carbocycles. The van der Waals surface area contributed by atoms with Crippen molar-refractivity contribution in [2.75, 3.05) is 32.7 Å². The van der Waals surface area contributed by atoms with E-state index in [1.165, 1.54) is 54.5 Å². The summed E-state index contributed by atoms with van der Waals surface area (Å²) < 4.78 is 2.31. The summed E-state index contributed by atoms with van der Waals surface area (Å²) in [5, 5.41) is 4.87. The highest BCUT2D eigenvalue weighted by Gasteiger charge is 2.11. The zero-order chi connectivity index (χ0) is 14.7. The first-order chi connectivity index (χ1) is 10.3. The molecule has 3 nitrogen and oxygen atoms in total. The lowest BCUT2D eigenvalue weighted by Crippen LogP contribution is -2.43. The van der Waals surface area contributed by atoms with E-state index >= 15 is 0 Å². The van der Waals surface area contributed by atoms with Gasteiger partial charge in [-0.25, -0.2) is 0 Å². The molecule has 0 bridgehead atoms. The molecule has 0 saturated carbocycles. The van der Waals surface area contributed by atoms with Gasteiger partial charge in [-0.2, -0.15) is 0 Å². The summed E-state index contributed by atoms with van der Waals surface area (Å²) in [6, 6.07) is 6.75. The first-order valence-electron chi connectivity index (χ1n) is 8.28. The Balaban J connectivity index is 1.69. The molecule has 1 aliphatic rings. The van der Waals surface area contributed by atoms with Crippen LogP contribution in [-0.4, -0.2) is 42.2 Å². The molecule has 1 aliphatic heterocycles. The maximum Gasteiger partial charge on any atom is 0.0512 e. The van der Waals surface area contributed by atoms with Crippen LogP contribution in [0.2, 0.25) is 0 Å². The van der Waals surface area contributed by atoms with Gasteiger partial charge in [0.1, 0.15) is 0 Å². The lowest BCUT2D eigenvalue weighted by atomic mass is 10.0. The monoisotopic (exact) mass is 285 g/mol. The Bertz CT molecular complexity index is 594. The molecule has 1 fully saturated rings. The van der Waals surface area contributed by atoms with Crippen LogP contribution in [0.5, 0.6) is 0 Å². The molecular weight excluding hydrogens is 258 g/mol. The largest absolute Gasteiger partial charge is 0.350 e. The zero-order valence-electron chi connectivity index (χ0n) is 13.4. The van der Waals surface area contributed by atoms with Gasteiger partial charge >= 0.3 is 0 Å². The Kier molecular flexibility index (Phi) is 4.61.